The first-order chi connectivity index (χ1) is 19.1. The summed E-state index contributed by atoms with van der Waals surface area (Å²) >= 11 is 0. The van der Waals surface area contributed by atoms with Gasteiger partial charge in [0.05, 0.1) is 22.7 Å². The van der Waals surface area contributed by atoms with Gasteiger partial charge in [-0.1, -0.05) is 33.4 Å². The molecule has 8 nitrogen and oxygen atoms in total. The highest BCUT2D eigenvalue weighted by Crippen LogP contribution is 2.37. The van der Waals surface area contributed by atoms with Crippen molar-refractivity contribution >= 4 is 28.8 Å². The Morgan fingerprint density at radius 1 is 1.15 bits per heavy atom. The SMILES string of the molecule is C=CC(=O)NCC1CCC(n2c(NC(=O)c3ccc(C#N)cc3)nc3cc(CN[C@@H](C)C(C)(C)C)ccc32)CC1. The number of hydrogen-bond acceptors (Lipinski definition) is 5. The molecule has 1 heterocycles. The number of amides is 2. The molecule has 1 fully saturated rings. The van der Waals surface area contributed by atoms with Gasteiger partial charge in [-0.05, 0) is 92.0 Å². The number of nitrogens with zero attached hydrogens (tertiary/aromatic N) is 3. The Morgan fingerprint density at radius 3 is 2.48 bits per heavy atom. The Balaban J connectivity index is 1.58. The lowest BCUT2D eigenvalue weighted by atomic mass is 9.85. The van der Waals surface area contributed by atoms with Gasteiger partial charge in [0.1, 0.15) is 0 Å². The number of imidazole rings is 1. The number of aromatic nitrogens is 2. The van der Waals surface area contributed by atoms with Crippen LogP contribution < -0.4 is 16.0 Å². The van der Waals surface area contributed by atoms with Crippen molar-refractivity contribution in [1.82, 2.24) is 20.2 Å². The number of benzene rings is 2. The molecule has 1 saturated carbocycles. The van der Waals surface area contributed by atoms with Gasteiger partial charge in [-0.15, -0.1) is 0 Å². The maximum Gasteiger partial charge on any atom is 0.257 e. The standard InChI is InChI=1S/C32H40N6O2/c1-6-29(39)35-19-23-9-14-26(15-10-23)38-28-16-11-24(20-34-21(2)32(3,4)5)17-27(28)36-31(38)37-30(40)25-12-7-22(18-33)8-13-25/h6-8,11-13,16-17,21,23,26,34H,1,9-10,14-15,19-20H2,2-5H3,(H,35,39)(H,36,37,40)/t21-,23?,26?/m0/s1. The molecule has 1 atom stereocenters. The second kappa shape index (κ2) is 12.5. The molecule has 3 N–H and O–H groups in total. The lowest BCUT2D eigenvalue weighted by Crippen LogP contribution is -2.37. The first kappa shape index (κ1) is 29.0. The van der Waals surface area contributed by atoms with Crippen molar-refractivity contribution in [2.45, 2.75) is 72.0 Å². The Hall–Kier alpha value is -3.96. The lowest BCUT2D eigenvalue weighted by Gasteiger charge is -2.30. The van der Waals surface area contributed by atoms with Gasteiger partial charge in [0.2, 0.25) is 11.9 Å². The summed E-state index contributed by atoms with van der Waals surface area (Å²) in [5, 5.41) is 18.7. The molecule has 1 aliphatic carbocycles. The largest absolute Gasteiger partial charge is 0.352 e. The molecule has 0 saturated heterocycles. The van der Waals surface area contributed by atoms with E-state index in [1.165, 1.54) is 6.08 Å². The van der Waals surface area contributed by atoms with Gasteiger partial charge in [0.25, 0.3) is 5.91 Å². The van der Waals surface area contributed by atoms with Gasteiger partial charge in [-0.3, -0.25) is 14.9 Å². The zero-order valence-corrected chi connectivity index (χ0v) is 24.0. The molecule has 1 aromatic heterocycles. The molecule has 0 radical (unpaired) electrons. The molecule has 0 spiro atoms. The van der Waals surface area contributed by atoms with Crippen LogP contribution in [0.1, 0.15) is 80.9 Å². The summed E-state index contributed by atoms with van der Waals surface area (Å²) in [7, 11) is 0. The molecule has 2 amide bonds. The number of fused-ring (bicyclic) bond motifs is 1. The van der Waals surface area contributed by atoms with Crippen LogP contribution in [0, 0.1) is 22.7 Å². The maximum atomic E-state index is 13.2. The van der Waals surface area contributed by atoms with E-state index in [9.17, 15) is 9.59 Å². The van der Waals surface area contributed by atoms with Gasteiger partial charge in [-0.25, -0.2) is 4.98 Å². The Kier molecular flexibility index (Phi) is 9.06. The van der Waals surface area contributed by atoms with Crippen LogP contribution in [0.3, 0.4) is 0 Å². The van der Waals surface area contributed by atoms with Gasteiger partial charge in [0.15, 0.2) is 0 Å². The highest BCUT2D eigenvalue weighted by molar-refractivity contribution is 6.04. The highest BCUT2D eigenvalue weighted by atomic mass is 16.2. The van der Waals surface area contributed by atoms with Crippen LogP contribution in [0.15, 0.2) is 55.1 Å². The predicted octanol–water partition coefficient (Wildman–Crippen LogP) is 5.72. The molecule has 8 heteroatoms. The first-order valence-electron chi connectivity index (χ1n) is 14.0. The van der Waals surface area contributed by atoms with Gasteiger partial charge >= 0.3 is 0 Å². The van der Waals surface area contributed by atoms with E-state index in [1.54, 1.807) is 24.3 Å². The Labute approximate surface area is 236 Å². The third kappa shape index (κ3) is 6.97. The van der Waals surface area contributed by atoms with Crippen LogP contribution in [0.4, 0.5) is 5.95 Å². The molecule has 2 aromatic carbocycles. The van der Waals surface area contributed by atoms with E-state index >= 15 is 0 Å². The second-order valence-corrected chi connectivity index (χ2v) is 11.9. The number of hydrogen-bond donors (Lipinski definition) is 3. The molecule has 40 heavy (non-hydrogen) atoms. The van der Waals surface area contributed by atoms with Gasteiger partial charge in [-0.2, -0.15) is 5.26 Å². The number of nitriles is 1. The van der Waals surface area contributed by atoms with Crippen molar-refractivity contribution in [2.75, 3.05) is 11.9 Å². The minimum Gasteiger partial charge on any atom is -0.352 e. The number of anilines is 1. The average molecular weight is 541 g/mol. The summed E-state index contributed by atoms with van der Waals surface area (Å²) < 4.78 is 2.17. The van der Waals surface area contributed by atoms with E-state index in [-0.39, 0.29) is 23.3 Å². The van der Waals surface area contributed by atoms with Crippen molar-refractivity contribution in [2.24, 2.45) is 11.3 Å². The smallest absolute Gasteiger partial charge is 0.257 e. The van der Waals surface area contributed by atoms with E-state index in [1.807, 2.05) is 0 Å². The topological polar surface area (TPSA) is 112 Å². The minimum absolute atomic E-state index is 0.141. The molecule has 3 aromatic rings. The monoisotopic (exact) mass is 540 g/mol. The second-order valence-electron chi connectivity index (χ2n) is 11.9. The van der Waals surface area contributed by atoms with Crippen LogP contribution in [0.5, 0.6) is 0 Å². The third-order valence-electron chi connectivity index (χ3n) is 8.10. The summed E-state index contributed by atoms with van der Waals surface area (Å²) in [6, 6.07) is 15.5. The van der Waals surface area contributed by atoms with Crippen LogP contribution in [0.2, 0.25) is 0 Å². The van der Waals surface area contributed by atoms with Crippen molar-refractivity contribution in [3.63, 3.8) is 0 Å². The highest BCUT2D eigenvalue weighted by Gasteiger charge is 2.27. The van der Waals surface area contributed by atoms with Crippen LogP contribution in [-0.4, -0.2) is 34.0 Å². The number of nitrogens with one attached hydrogen (secondary N) is 3. The van der Waals surface area contributed by atoms with E-state index in [4.69, 9.17) is 10.2 Å². The first-order valence-corrected chi connectivity index (χ1v) is 14.0. The minimum atomic E-state index is -0.261. The van der Waals surface area contributed by atoms with E-state index in [2.05, 4.69) is 79.1 Å². The van der Waals surface area contributed by atoms with Gasteiger partial charge < -0.3 is 15.2 Å². The van der Waals surface area contributed by atoms with E-state index in [0.29, 0.717) is 35.6 Å². The van der Waals surface area contributed by atoms with Crippen LogP contribution in [0.25, 0.3) is 11.0 Å². The van der Waals surface area contributed by atoms with Crippen molar-refractivity contribution in [3.05, 3.63) is 71.8 Å². The molecular formula is C32H40N6O2. The number of carbonyl (C=O) groups is 2. The summed E-state index contributed by atoms with van der Waals surface area (Å²) in [6.07, 6.45) is 5.09. The molecule has 0 unspecified atom stereocenters. The fourth-order valence-corrected chi connectivity index (χ4v) is 5.08. The Bertz CT molecular complexity index is 1400. The van der Waals surface area contributed by atoms with E-state index < -0.39 is 0 Å². The summed E-state index contributed by atoms with van der Waals surface area (Å²) in [4.78, 5) is 29.7. The van der Waals surface area contributed by atoms with Gasteiger partial charge in [0, 0.05) is 30.7 Å². The summed E-state index contributed by atoms with van der Waals surface area (Å²) in [5.74, 6) is 0.538. The summed E-state index contributed by atoms with van der Waals surface area (Å²) in [5.41, 5.74) is 4.11. The van der Waals surface area contributed by atoms with Crippen molar-refractivity contribution in [1.29, 1.82) is 5.26 Å². The number of rotatable bonds is 9. The predicted molar refractivity (Wildman–Crippen MR) is 159 cm³/mol. The fraction of sp³-hybridized carbons (Fsp3) is 0.438. The molecular weight excluding hydrogens is 500 g/mol. The zero-order chi connectivity index (χ0) is 28.9. The molecule has 210 valence electrons. The molecule has 0 bridgehead atoms. The van der Waals surface area contributed by atoms with Crippen molar-refractivity contribution < 1.29 is 9.59 Å². The lowest BCUT2D eigenvalue weighted by molar-refractivity contribution is -0.116. The number of carbonyl (C=O) groups excluding carboxylic acids is 2. The normalized spacial score (nSPS) is 18.1. The van der Waals surface area contributed by atoms with E-state index in [0.717, 1.165) is 48.8 Å². The zero-order valence-electron chi connectivity index (χ0n) is 24.0. The van der Waals surface area contributed by atoms with Crippen molar-refractivity contribution in [3.8, 4) is 6.07 Å². The molecule has 1 aliphatic rings. The fourth-order valence-electron chi connectivity index (χ4n) is 5.08. The molecule has 4 rings (SSSR count). The summed E-state index contributed by atoms with van der Waals surface area (Å²) in [6.45, 7) is 13.8. The molecule has 0 aliphatic heterocycles. The third-order valence-corrected chi connectivity index (χ3v) is 8.10. The maximum absolute atomic E-state index is 13.2. The average Bonchev–Trinajstić information content (AvgIpc) is 3.31. The van der Waals surface area contributed by atoms with Crippen LogP contribution in [-0.2, 0) is 11.3 Å². The van der Waals surface area contributed by atoms with Crippen LogP contribution >= 0.6 is 0 Å². The Morgan fingerprint density at radius 2 is 1.85 bits per heavy atom. The quantitative estimate of drug-likeness (QED) is 0.301.